The predicted octanol–water partition coefficient (Wildman–Crippen LogP) is 1.61. The molecule has 1 unspecified atom stereocenters. The zero-order valence-corrected chi connectivity index (χ0v) is 13.6. The van der Waals surface area contributed by atoms with Crippen LogP contribution in [-0.2, 0) is 4.79 Å². The third-order valence-corrected chi connectivity index (χ3v) is 4.10. The van der Waals surface area contributed by atoms with E-state index < -0.39 is 6.04 Å². The molecule has 0 aliphatic carbocycles. The standard InChI is InChI=1S/C15H16ClN5O2/c1-19(2)14(22)11-9-21(18-17-11)13-7-8-20(15(13)23)12-6-4-3-5-10(12)16/h3-6,9,13H,7-8H2,1-2H3. The van der Waals surface area contributed by atoms with Gasteiger partial charge in [-0.2, -0.15) is 0 Å². The molecule has 8 heteroatoms. The number of para-hydroxylation sites is 1. The van der Waals surface area contributed by atoms with Crippen LogP contribution in [0.1, 0.15) is 23.0 Å². The van der Waals surface area contributed by atoms with Gasteiger partial charge in [-0.15, -0.1) is 5.10 Å². The molecule has 2 aromatic rings. The van der Waals surface area contributed by atoms with Crippen LogP contribution in [0.5, 0.6) is 0 Å². The Labute approximate surface area is 138 Å². The molecule has 0 N–H and O–H groups in total. The summed E-state index contributed by atoms with van der Waals surface area (Å²) in [7, 11) is 3.28. The molecule has 1 aliphatic heterocycles. The summed E-state index contributed by atoms with van der Waals surface area (Å²) in [4.78, 5) is 27.6. The highest BCUT2D eigenvalue weighted by molar-refractivity contribution is 6.33. The van der Waals surface area contributed by atoms with Crippen molar-refractivity contribution in [3.05, 3.63) is 41.2 Å². The molecule has 120 valence electrons. The van der Waals surface area contributed by atoms with Gasteiger partial charge in [0.1, 0.15) is 6.04 Å². The fourth-order valence-electron chi connectivity index (χ4n) is 2.58. The number of nitrogens with zero attached hydrogens (tertiary/aromatic N) is 5. The molecule has 2 heterocycles. The summed E-state index contributed by atoms with van der Waals surface area (Å²) >= 11 is 6.17. The van der Waals surface area contributed by atoms with E-state index in [0.29, 0.717) is 23.7 Å². The highest BCUT2D eigenvalue weighted by Crippen LogP contribution is 2.32. The Kier molecular flexibility index (Phi) is 4.04. The van der Waals surface area contributed by atoms with Gasteiger partial charge in [-0.3, -0.25) is 9.59 Å². The molecule has 1 fully saturated rings. The van der Waals surface area contributed by atoms with Crippen LogP contribution in [0.2, 0.25) is 5.02 Å². The summed E-state index contributed by atoms with van der Waals surface area (Å²) in [5.74, 6) is -0.350. The van der Waals surface area contributed by atoms with Crippen LogP contribution in [0.4, 0.5) is 5.69 Å². The van der Waals surface area contributed by atoms with E-state index in [9.17, 15) is 9.59 Å². The Morgan fingerprint density at radius 1 is 1.35 bits per heavy atom. The van der Waals surface area contributed by atoms with Gasteiger partial charge >= 0.3 is 0 Å². The maximum absolute atomic E-state index is 12.7. The van der Waals surface area contributed by atoms with Gasteiger partial charge in [0, 0.05) is 20.6 Å². The molecular weight excluding hydrogens is 318 g/mol. The van der Waals surface area contributed by atoms with Crippen LogP contribution in [-0.4, -0.2) is 52.3 Å². The van der Waals surface area contributed by atoms with E-state index in [-0.39, 0.29) is 17.5 Å². The number of aromatic nitrogens is 3. The van der Waals surface area contributed by atoms with Crippen LogP contribution in [0.15, 0.2) is 30.5 Å². The number of hydrogen-bond acceptors (Lipinski definition) is 4. The Balaban J connectivity index is 1.83. The van der Waals surface area contributed by atoms with Crippen LogP contribution in [0.3, 0.4) is 0 Å². The molecule has 0 radical (unpaired) electrons. The molecule has 2 amide bonds. The minimum atomic E-state index is -0.470. The summed E-state index contributed by atoms with van der Waals surface area (Å²) in [6, 6.07) is 6.75. The van der Waals surface area contributed by atoms with Gasteiger partial charge in [-0.25, -0.2) is 4.68 Å². The second kappa shape index (κ2) is 6.00. The van der Waals surface area contributed by atoms with Gasteiger partial charge in [0.15, 0.2) is 5.69 Å². The molecular formula is C15H16ClN5O2. The minimum Gasteiger partial charge on any atom is -0.343 e. The van der Waals surface area contributed by atoms with Gasteiger partial charge in [-0.1, -0.05) is 28.9 Å². The van der Waals surface area contributed by atoms with E-state index in [1.54, 1.807) is 25.1 Å². The molecule has 1 atom stereocenters. The molecule has 23 heavy (non-hydrogen) atoms. The number of benzene rings is 1. The monoisotopic (exact) mass is 333 g/mol. The maximum atomic E-state index is 12.7. The Morgan fingerprint density at radius 2 is 2.09 bits per heavy atom. The van der Waals surface area contributed by atoms with Crippen LogP contribution >= 0.6 is 11.6 Å². The SMILES string of the molecule is CN(C)C(=O)c1cn(C2CCN(c3ccccc3Cl)C2=O)nn1. The summed E-state index contributed by atoms with van der Waals surface area (Å²) in [5.41, 5.74) is 0.908. The topological polar surface area (TPSA) is 71.3 Å². The van der Waals surface area contributed by atoms with Crippen molar-refractivity contribution in [2.75, 3.05) is 25.5 Å². The number of rotatable bonds is 3. The molecule has 1 aromatic heterocycles. The van der Waals surface area contributed by atoms with E-state index >= 15 is 0 Å². The number of amides is 2. The third kappa shape index (κ3) is 2.79. The lowest BCUT2D eigenvalue weighted by atomic mass is 10.2. The van der Waals surface area contributed by atoms with Gasteiger partial charge in [0.2, 0.25) is 0 Å². The van der Waals surface area contributed by atoms with Crippen molar-refractivity contribution in [3.63, 3.8) is 0 Å². The first-order valence-electron chi connectivity index (χ1n) is 7.18. The highest BCUT2D eigenvalue weighted by Gasteiger charge is 2.35. The molecule has 1 saturated heterocycles. The number of halogens is 1. The van der Waals surface area contributed by atoms with Crippen molar-refractivity contribution < 1.29 is 9.59 Å². The van der Waals surface area contributed by atoms with Crippen molar-refractivity contribution in [1.82, 2.24) is 19.9 Å². The zero-order chi connectivity index (χ0) is 16.6. The van der Waals surface area contributed by atoms with Gasteiger partial charge in [0.05, 0.1) is 16.9 Å². The van der Waals surface area contributed by atoms with Crippen LogP contribution in [0, 0.1) is 0 Å². The molecule has 0 spiro atoms. The predicted molar refractivity (Wildman–Crippen MR) is 85.5 cm³/mol. The molecule has 1 aromatic carbocycles. The lowest BCUT2D eigenvalue weighted by molar-refractivity contribution is -0.120. The maximum Gasteiger partial charge on any atom is 0.275 e. The second-order valence-corrected chi connectivity index (χ2v) is 5.94. The fraction of sp³-hybridized carbons (Fsp3) is 0.333. The van der Waals surface area contributed by atoms with E-state index in [4.69, 9.17) is 11.6 Å². The average Bonchev–Trinajstić information content (AvgIpc) is 3.14. The lowest BCUT2D eigenvalue weighted by Gasteiger charge is -2.17. The Hall–Kier alpha value is -2.41. The molecule has 0 saturated carbocycles. The summed E-state index contributed by atoms with van der Waals surface area (Å²) in [6.07, 6.45) is 2.10. The number of carbonyl (C=O) groups is 2. The molecule has 3 rings (SSSR count). The highest BCUT2D eigenvalue weighted by atomic mass is 35.5. The van der Waals surface area contributed by atoms with E-state index in [1.165, 1.54) is 15.8 Å². The van der Waals surface area contributed by atoms with Crippen molar-refractivity contribution in [2.24, 2.45) is 0 Å². The number of anilines is 1. The van der Waals surface area contributed by atoms with Gasteiger partial charge < -0.3 is 9.80 Å². The summed E-state index contributed by atoms with van der Waals surface area (Å²) in [6.45, 7) is 0.546. The number of hydrogen-bond donors (Lipinski definition) is 0. The Morgan fingerprint density at radius 3 is 2.78 bits per heavy atom. The normalized spacial score (nSPS) is 17.6. The van der Waals surface area contributed by atoms with Crippen LogP contribution in [0.25, 0.3) is 0 Å². The largest absolute Gasteiger partial charge is 0.343 e. The zero-order valence-electron chi connectivity index (χ0n) is 12.8. The minimum absolute atomic E-state index is 0.105. The van der Waals surface area contributed by atoms with E-state index in [0.717, 1.165) is 0 Å². The van der Waals surface area contributed by atoms with E-state index in [2.05, 4.69) is 10.3 Å². The summed E-state index contributed by atoms with van der Waals surface area (Å²) < 4.78 is 1.45. The second-order valence-electron chi connectivity index (χ2n) is 5.53. The van der Waals surface area contributed by atoms with Crippen molar-refractivity contribution in [2.45, 2.75) is 12.5 Å². The van der Waals surface area contributed by atoms with Gasteiger partial charge in [0.25, 0.3) is 11.8 Å². The Bertz CT molecular complexity index is 758. The first-order valence-corrected chi connectivity index (χ1v) is 7.56. The summed E-state index contributed by atoms with van der Waals surface area (Å²) in [5, 5.41) is 8.33. The van der Waals surface area contributed by atoms with Crippen molar-refractivity contribution >= 4 is 29.1 Å². The van der Waals surface area contributed by atoms with E-state index in [1.807, 2.05) is 18.2 Å². The third-order valence-electron chi connectivity index (χ3n) is 3.78. The van der Waals surface area contributed by atoms with Gasteiger partial charge in [-0.05, 0) is 18.6 Å². The quantitative estimate of drug-likeness (QED) is 0.855. The fourth-order valence-corrected chi connectivity index (χ4v) is 2.81. The average molecular weight is 334 g/mol. The first kappa shape index (κ1) is 15.5. The number of carbonyl (C=O) groups excluding carboxylic acids is 2. The molecule has 1 aliphatic rings. The van der Waals surface area contributed by atoms with Crippen molar-refractivity contribution in [1.29, 1.82) is 0 Å². The first-order chi connectivity index (χ1) is 11.0. The smallest absolute Gasteiger partial charge is 0.275 e. The van der Waals surface area contributed by atoms with Crippen LogP contribution < -0.4 is 4.90 Å². The molecule has 7 nitrogen and oxygen atoms in total. The van der Waals surface area contributed by atoms with Crippen molar-refractivity contribution in [3.8, 4) is 0 Å². The lowest BCUT2D eigenvalue weighted by Crippen LogP contribution is -2.28. The molecule has 0 bridgehead atoms.